The summed E-state index contributed by atoms with van der Waals surface area (Å²) in [6.45, 7) is 0.808. The van der Waals surface area contributed by atoms with Crippen LogP contribution in [0.2, 0.25) is 0 Å². The number of carbonyl (C=O) groups is 1. The molecule has 2 rings (SSSR count). The van der Waals surface area contributed by atoms with Gasteiger partial charge in [0.15, 0.2) is 0 Å². The van der Waals surface area contributed by atoms with Crippen molar-refractivity contribution in [1.29, 1.82) is 0 Å². The molecule has 1 N–H and O–H groups in total. The van der Waals surface area contributed by atoms with Crippen LogP contribution in [0.4, 0.5) is 0 Å². The number of rotatable bonds is 3. The molecule has 0 saturated carbocycles. The molecule has 0 bridgehead atoms. The van der Waals surface area contributed by atoms with Crippen molar-refractivity contribution in [2.75, 3.05) is 18.1 Å². The lowest BCUT2D eigenvalue weighted by Crippen LogP contribution is -2.30. The van der Waals surface area contributed by atoms with Gasteiger partial charge < -0.3 is 5.32 Å². The molecule has 1 amide bonds. The van der Waals surface area contributed by atoms with E-state index in [1.165, 1.54) is 24.3 Å². The molecule has 1 heterocycles. The van der Waals surface area contributed by atoms with Gasteiger partial charge in [0.25, 0.3) is 5.91 Å². The van der Waals surface area contributed by atoms with Crippen molar-refractivity contribution >= 4 is 30.3 Å². The van der Waals surface area contributed by atoms with E-state index in [9.17, 15) is 4.79 Å². The second-order valence-corrected chi connectivity index (χ2v) is 6.05. The smallest absolute Gasteiger partial charge is 0.251 e. The van der Waals surface area contributed by atoms with Gasteiger partial charge in [-0.1, -0.05) is 0 Å². The second-order valence-electron chi connectivity index (χ2n) is 4.31. The van der Waals surface area contributed by atoms with Crippen LogP contribution < -0.4 is 5.32 Å². The van der Waals surface area contributed by atoms with Crippen molar-refractivity contribution in [3.05, 3.63) is 29.8 Å². The third kappa shape index (κ3) is 3.96. The van der Waals surface area contributed by atoms with Gasteiger partial charge in [0.1, 0.15) is 0 Å². The number of carbonyl (C=O) groups excluding carboxylic acids is 1. The Morgan fingerprint density at radius 1 is 1.29 bits per heavy atom. The maximum atomic E-state index is 11.9. The molecule has 1 aromatic rings. The maximum absolute atomic E-state index is 11.9. The third-order valence-corrected chi connectivity index (χ3v) is 4.37. The number of hydrogen-bond donors (Lipinski definition) is 2. The molecule has 1 aliphatic rings. The highest BCUT2D eigenvalue weighted by Gasteiger charge is 2.14. The zero-order valence-electron chi connectivity index (χ0n) is 9.69. The number of nitrogens with one attached hydrogen (secondary N) is 1. The summed E-state index contributed by atoms with van der Waals surface area (Å²) in [5.74, 6) is 3.14. The van der Waals surface area contributed by atoms with E-state index in [0.717, 1.165) is 11.4 Å². The maximum Gasteiger partial charge on any atom is 0.251 e. The summed E-state index contributed by atoms with van der Waals surface area (Å²) >= 11 is 6.21. The molecule has 92 valence electrons. The van der Waals surface area contributed by atoms with Gasteiger partial charge in [-0.15, -0.1) is 12.6 Å². The Labute approximate surface area is 112 Å². The van der Waals surface area contributed by atoms with E-state index in [1.54, 1.807) is 0 Å². The van der Waals surface area contributed by atoms with Crippen molar-refractivity contribution in [2.24, 2.45) is 5.92 Å². The number of thiol groups is 1. The normalized spacial score (nSPS) is 16.8. The fourth-order valence-corrected chi connectivity index (χ4v) is 3.26. The molecular formula is C13H17NOS2. The minimum atomic E-state index is 0.0246. The fraction of sp³-hybridized carbons (Fsp3) is 0.462. The predicted molar refractivity (Wildman–Crippen MR) is 76.1 cm³/mol. The lowest BCUT2D eigenvalue weighted by Gasteiger charge is -2.21. The molecule has 1 aliphatic heterocycles. The average molecular weight is 267 g/mol. The van der Waals surface area contributed by atoms with Crippen molar-refractivity contribution < 1.29 is 4.79 Å². The summed E-state index contributed by atoms with van der Waals surface area (Å²) in [6.07, 6.45) is 2.45. The number of hydrogen-bond acceptors (Lipinski definition) is 3. The average Bonchev–Trinajstić information content (AvgIpc) is 2.38. The Bertz CT molecular complexity index is 372. The Balaban J connectivity index is 1.82. The molecule has 1 fully saturated rings. The van der Waals surface area contributed by atoms with Crippen LogP contribution in [0, 0.1) is 5.92 Å². The summed E-state index contributed by atoms with van der Waals surface area (Å²) in [5, 5.41) is 3.01. The molecule has 0 spiro atoms. The van der Waals surface area contributed by atoms with Crippen LogP contribution in [0.3, 0.4) is 0 Å². The van der Waals surface area contributed by atoms with Gasteiger partial charge in [-0.3, -0.25) is 4.79 Å². The fourth-order valence-electron chi connectivity index (χ4n) is 1.90. The number of thioether (sulfide) groups is 1. The van der Waals surface area contributed by atoms with Crippen LogP contribution in [-0.4, -0.2) is 24.0 Å². The first-order chi connectivity index (χ1) is 8.25. The van der Waals surface area contributed by atoms with E-state index < -0.39 is 0 Å². The second kappa shape index (κ2) is 6.36. The van der Waals surface area contributed by atoms with Gasteiger partial charge in [-0.25, -0.2) is 0 Å². The first-order valence-electron chi connectivity index (χ1n) is 5.90. The Morgan fingerprint density at radius 2 is 1.94 bits per heavy atom. The Hall–Kier alpha value is -0.610. The van der Waals surface area contributed by atoms with Gasteiger partial charge >= 0.3 is 0 Å². The van der Waals surface area contributed by atoms with Crippen molar-refractivity contribution in [2.45, 2.75) is 17.7 Å². The summed E-state index contributed by atoms with van der Waals surface area (Å²) < 4.78 is 0. The van der Waals surface area contributed by atoms with E-state index in [1.807, 2.05) is 36.0 Å². The molecule has 4 heteroatoms. The topological polar surface area (TPSA) is 29.1 Å². The Kier molecular flexibility index (Phi) is 4.80. The summed E-state index contributed by atoms with van der Waals surface area (Å²) in [4.78, 5) is 12.7. The number of amides is 1. The summed E-state index contributed by atoms with van der Waals surface area (Å²) in [5.41, 5.74) is 0.716. The molecule has 0 unspecified atom stereocenters. The number of benzene rings is 1. The minimum absolute atomic E-state index is 0.0246. The van der Waals surface area contributed by atoms with E-state index in [4.69, 9.17) is 0 Å². The molecule has 1 aromatic carbocycles. The van der Waals surface area contributed by atoms with Gasteiger partial charge in [0.05, 0.1) is 0 Å². The molecule has 0 radical (unpaired) electrons. The third-order valence-electron chi connectivity index (χ3n) is 3.02. The van der Waals surface area contributed by atoms with Gasteiger partial charge in [-0.05, 0) is 54.5 Å². The quantitative estimate of drug-likeness (QED) is 0.825. The zero-order chi connectivity index (χ0) is 12.1. The Morgan fingerprint density at radius 3 is 2.59 bits per heavy atom. The zero-order valence-corrected chi connectivity index (χ0v) is 11.4. The van der Waals surface area contributed by atoms with Gasteiger partial charge in [0.2, 0.25) is 0 Å². The van der Waals surface area contributed by atoms with Crippen molar-refractivity contribution in [3.8, 4) is 0 Å². The van der Waals surface area contributed by atoms with Crippen LogP contribution in [0.15, 0.2) is 29.2 Å². The molecule has 0 aromatic heterocycles. The molecule has 17 heavy (non-hydrogen) atoms. The van der Waals surface area contributed by atoms with Crippen LogP contribution in [-0.2, 0) is 0 Å². The van der Waals surface area contributed by atoms with Crippen LogP contribution in [0.25, 0.3) is 0 Å². The lowest BCUT2D eigenvalue weighted by atomic mass is 10.0. The monoisotopic (exact) mass is 267 g/mol. The molecule has 1 saturated heterocycles. The van der Waals surface area contributed by atoms with Gasteiger partial charge in [0, 0.05) is 17.0 Å². The highest BCUT2D eigenvalue weighted by atomic mass is 32.2. The summed E-state index contributed by atoms with van der Waals surface area (Å²) in [7, 11) is 0. The van der Waals surface area contributed by atoms with Crippen molar-refractivity contribution in [1.82, 2.24) is 5.32 Å². The van der Waals surface area contributed by atoms with E-state index in [2.05, 4.69) is 17.9 Å². The molecule has 0 atom stereocenters. The standard InChI is InChI=1S/C13H17NOS2/c15-13(11-1-3-12(16)4-2-11)14-9-10-5-7-17-8-6-10/h1-4,10,16H,5-9H2,(H,14,15). The van der Waals surface area contributed by atoms with E-state index >= 15 is 0 Å². The lowest BCUT2D eigenvalue weighted by molar-refractivity contribution is 0.0946. The van der Waals surface area contributed by atoms with E-state index in [0.29, 0.717) is 11.5 Å². The predicted octanol–water partition coefficient (Wildman–Crippen LogP) is 2.85. The van der Waals surface area contributed by atoms with Crippen LogP contribution in [0.1, 0.15) is 23.2 Å². The SMILES string of the molecule is O=C(NCC1CCSCC1)c1ccc(S)cc1. The first-order valence-corrected chi connectivity index (χ1v) is 7.51. The van der Waals surface area contributed by atoms with Crippen LogP contribution >= 0.6 is 24.4 Å². The minimum Gasteiger partial charge on any atom is -0.352 e. The molecule has 2 nitrogen and oxygen atoms in total. The first kappa shape index (κ1) is 12.8. The highest BCUT2D eigenvalue weighted by Crippen LogP contribution is 2.21. The van der Waals surface area contributed by atoms with Crippen molar-refractivity contribution in [3.63, 3.8) is 0 Å². The van der Waals surface area contributed by atoms with Crippen LogP contribution in [0.5, 0.6) is 0 Å². The largest absolute Gasteiger partial charge is 0.352 e. The summed E-state index contributed by atoms with van der Waals surface area (Å²) in [6, 6.07) is 7.31. The highest BCUT2D eigenvalue weighted by molar-refractivity contribution is 7.99. The molecule has 0 aliphatic carbocycles. The van der Waals surface area contributed by atoms with E-state index in [-0.39, 0.29) is 5.91 Å². The van der Waals surface area contributed by atoms with Gasteiger partial charge in [-0.2, -0.15) is 11.8 Å². The molecular weight excluding hydrogens is 250 g/mol.